The van der Waals surface area contributed by atoms with Crippen molar-refractivity contribution < 1.29 is 0 Å². The minimum atomic E-state index is 0.926. The Morgan fingerprint density at radius 3 is 2.67 bits per heavy atom. The van der Waals surface area contributed by atoms with Gasteiger partial charge < -0.3 is 5.32 Å². The fourth-order valence-electron chi connectivity index (χ4n) is 2.32. The Labute approximate surface area is 56.8 Å². The third kappa shape index (κ3) is 0.710. The van der Waals surface area contributed by atoms with E-state index in [1.165, 1.54) is 25.8 Å². The van der Waals surface area contributed by atoms with E-state index in [9.17, 15) is 0 Å². The van der Waals surface area contributed by atoms with E-state index in [0.29, 0.717) is 0 Å². The van der Waals surface area contributed by atoms with E-state index in [-0.39, 0.29) is 0 Å². The summed E-state index contributed by atoms with van der Waals surface area (Å²) >= 11 is 0. The van der Waals surface area contributed by atoms with E-state index in [2.05, 4.69) is 12.2 Å². The second kappa shape index (κ2) is 1.98. The molecule has 3 unspecified atom stereocenters. The lowest BCUT2D eigenvalue weighted by atomic mass is 9.89. The van der Waals surface area contributed by atoms with Gasteiger partial charge in [0.1, 0.15) is 0 Å². The lowest BCUT2D eigenvalue weighted by molar-refractivity contribution is 0.226. The van der Waals surface area contributed by atoms with Crippen LogP contribution in [0.2, 0.25) is 0 Å². The van der Waals surface area contributed by atoms with Crippen LogP contribution in [-0.4, -0.2) is 12.6 Å². The summed E-state index contributed by atoms with van der Waals surface area (Å²) in [7, 11) is 0. The highest BCUT2D eigenvalue weighted by molar-refractivity contribution is 4.97. The van der Waals surface area contributed by atoms with Crippen molar-refractivity contribution in [3.8, 4) is 0 Å². The summed E-state index contributed by atoms with van der Waals surface area (Å²) in [4.78, 5) is 0. The Hall–Kier alpha value is -0.0400. The molecule has 1 nitrogen and oxygen atoms in total. The van der Waals surface area contributed by atoms with Crippen LogP contribution in [0, 0.1) is 11.8 Å². The predicted molar refractivity (Wildman–Crippen MR) is 38.3 cm³/mol. The molecule has 0 aromatic carbocycles. The fraction of sp³-hybridized carbons (Fsp3) is 1.00. The van der Waals surface area contributed by atoms with Gasteiger partial charge in [0, 0.05) is 6.04 Å². The Morgan fingerprint density at radius 2 is 2.33 bits per heavy atom. The van der Waals surface area contributed by atoms with Gasteiger partial charge in [-0.25, -0.2) is 0 Å². The molecule has 1 aliphatic heterocycles. The Morgan fingerprint density at radius 1 is 1.44 bits per heavy atom. The lowest BCUT2D eigenvalue weighted by Gasteiger charge is -2.35. The molecule has 0 radical (unpaired) electrons. The van der Waals surface area contributed by atoms with Crippen molar-refractivity contribution in [2.75, 3.05) is 6.54 Å². The van der Waals surface area contributed by atoms with Gasteiger partial charge in [-0.15, -0.1) is 0 Å². The molecule has 2 fully saturated rings. The normalized spacial score (nSPS) is 48.3. The van der Waals surface area contributed by atoms with Crippen LogP contribution in [0.25, 0.3) is 0 Å². The summed E-state index contributed by atoms with van der Waals surface area (Å²) in [6.45, 7) is 3.62. The Kier molecular flexibility index (Phi) is 1.26. The summed E-state index contributed by atoms with van der Waals surface area (Å²) in [5, 5.41) is 3.51. The zero-order chi connectivity index (χ0) is 6.27. The molecule has 3 atom stereocenters. The van der Waals surface area contributed by atoms with Crippen LogP contribution in [0.15, 0.2) is 0 Å². The van der Waals surface area contributed by atoms with E-state index in [0.717, 1.165) is 17.9 Å². The molecule has 0 aromatic heterocycles. The summed E-state index contributed by atoms with van der Waals surface area (Å²) in [5.74, 6) is 2.08. The molecule has 1 saturated carbocycles. The SMILES string of the molecule is CCC1CCC2CNC12. The molecule has 0 aromatic rings. The van der Waals surface area contributed by atoms with E-state index >= 15 is 0 Å². The third-order valence-corrected chi connectivity index (χ3v) is 3.06. The molecule has 1 saturated heterocycles. The van der Waals surface area contributed by atoms with Crippen LogP contribution in [0.3, 0.4) is 0 Å². The molecule has 1 heteroatoms. The molecule has 1 aliphatic carbocycles. The van der Waals surface area contributed by atoms with Crippen molar-refractivity contribution in [1.29, 1.82) is 0 Å². The molecular formula is C8H15N. The topological polar surface area (TPSA) is 12.0 Å². The first-order chi connectivity index (χ1) is 4.42. The molecule has 1 N–H and O–H groups in total. The van der Waals surface area contributed by atoms with Gasteiger partial charge in [0.2, 0.25) is 0 Å². The van der Waals surface area contributed by atoms with E-state index in [4.69, 9.17) is 0 Å². The van der Waals surface area contributed by atoms with Crippen molar-refractivity contribution in [1.82, 2.24) is 5.32 Å². The average molecular weight is 125 g/mol. The second-order valence-electron chi connectivity index (χ2n) is 3.44. The highest BCUT2D eigenvalue weighted by Crippen LogP contribution is 2.37. The van der Waals surface area contributed by atoms with Crippen molar-refractivity contribution in [3.63, 3.8) is 0 Å². The summed E-state index contributed by atoms with van der Waals surface area (Å²) in [6, 6.07) is 0.926. The molecular weight excluding hydrogens is 110 g/mol. The maximum atomic E-state index is 3.51. The van der Waals surface area contributed by atoms with Crippen LogP contribution >= 0.6 is 0 Å². The number of fused-ring (bicyclic) bond motifs is 1. The Bertz CT molecular complexity index is 109. The first-order valence-electron chi connectivity index (χ1n) is 4.15. The highest BCUT2D eigenvalue weighted by atomic mass is 15.0. The van der Waals surface area contributed by atoms with E-state index in [1.807, 2.05) is 0 Å². The van der Waals surface area contributed by atoms with Crippen LogP contribution < -0.4 is 5.32 Å². The predicted octanol–water partition coefficient (Wildman–Crippen LogP) is 1.39. The summed E-state index contributed by atoms with van der Waals surface area (Å²) in [6.07, 6.45) is 4.36. The van der Waals surface area contributed by atoms with Crippen LogP contribution in [0.4, 0.5) is 0 Å². The van der Waals surface area contributed by atoms with Crippen LogP contribution in [-0.2, 0) is 0 Å². The van der Waals surface area contributed by atoms with E-state index in [1.54, 1.807) is 0 Å². The molecule has 2 aliphatic rings. The van der Waals surface area contributed by atoms with Crippen LogP contribution in [0.5, 0.6) is 0 Å². The Balaban J connectivity index is 1.97. The van der Waals surface area contributed by atoms with Gasteiger partial charge in [-0.2, -0.15) is 0 Å². The van der Waals surface area contributed by atoms with Crippen LogP contribution in [0.1, 0.15) is 26.2 Å². The monoisotopic (exact) mass is 125 g/mol. The second-order valence-corrected chi connectivity index (χ2v) is 3.44. The van der Waals surface area contributed by atoms with Crippen molar-refractivity contribution in [2.24, 2.45) is 11.8 Å². The van der Waals surface area contributed by atoms with Gasteiger partial charge in [-0.05, 0) is 31.2 Å². The van der Waals surface area contributed by atoms with Crippen molar-refractivity contribution in [3.05, 3.63) is 0 Å². The van der Waals surface area contributed by atoms with Crippen molar-refractivity contribution >= 4 is 0 Å². The third-order valence-electron chi connectivity index (χ3n) is 3.06. The minimum absolute atomic E-state index is 0.926. The maximum absolute atomic E-state index is 3.51. The van der Waals surface area contributed by atoms with E-state index < -0.39 is 0 Å². The van der Waals surface area contributed by atoms with Gasteiger partial charge in [-0.1, -0.05) is 13.3 Å². The molecule has 0 amide bonds. The fourth-order valence-corrected chi connectivity index (χ4v) is 2.32. The summed E-state index contributed by atoms with van der Waals surface area (Å²) in [5.41, 5.74) is 0. The van der Waals surface area contributed by atoms with Gasteiger partial charge in [-0.3, -0.25) is 0 Å². The molecule has 0 spiro atoms. The molecule has 9 heavy (non-hydrogen) atoms. The lowest BCUT2D eigenvalue weighted by Crippen LogP contribution is -2.52. The number of hydrogen-bond acceptors (Lipinski definition) is 1. The molecule has 52 valence electrons. The summed E-state index contributed by atoms with van der Waals surface area (Å²) < 4.78 is 0. The van der Waals surface area contributed by atoms with Gasteiger partial charge in [0.05, 0.1) is 0 Å². The minimum Gasteiger partial charge on any atom is -0.313 e. The van der Waals surface area contributed by atoms with Gasteiger partial charge in [0.25, 0.3) is 0 Å². The quantitative estimate of drug-likeness (QED) is 0.558. The molecule has 0 bridgehead atoms. The standard InChI is InChI=1S/C8H15N/c1-2-6-3-4-7-5-9-8(6)7/h6-9H,2-5H2,1H3. The van der Waals surface area contributed by atoms with Gasteiger partial charge >= 0.3 is 0 Å². The first-order valence-corrected chi connectivity index (χ1v) is 4.15. The largest absolute Gasteiger partial charge is 0.313 e. The number of rotatable bonds is 1. The van der Waals surface area contributed by atoms with Crippen molar-refractivity contribution in [2.45, 2.75) is 32.2 Å². The smallest absolute Gasteiger partial charge is 0.0136 e. The average Bonchev–Trinajstić information content (AvgIpc) is 2.07. The zero-order valence-corrected chi connectivity index (χ0v) is 6.06. The molecule has 2 rings (SSSR count). The highest BCUT2D eigenvalue weighted by Gasteiger charge is 2.40. The number of nitrogens with one attached hydrogen (secondary N) is 1. The molecule has 1 heterocycles. The maximum Gasteiger partial charge on any atom is 0.0136 e. The first kappa shape index (κ1) is 5.72. The zero-order valence-electron chi connectivity index (χ0n) is 6.06. The number of hydrogen-bond donors (Lipinski definition) is 1. The van der Waals surface area contributed by atoms with Gasteiger partial charge in [0.15, 0.2) is 0 Å².